The molecule has 3 heteroatoms. The van der Waals surface area contributed by atoms with Crippen molar-refractivity contribution in [1.82, 2.24) is 10.6 Å². The lowest BCUT2D eigenvalue weighted by Crippen LogP contribution is -2.65. The first kappa shape index (κ1) is 11.4. The number of piperidine rings is 1. The first-order valence-electron chi connectivity index (χ1n) is 6.14. The van der Waals surface area contributed by atoms with Crippen LogP contribution >= 0.6 is 0 Å². The molecule has 0 amide bonds. The maximum Gasteiger partial charge on any atom is 0.131 e. The highest BCUT2D eigenvalue weighted by molar-refractivity contribution is 4.94. The lowest BCUT2D eigenvalue weighted by Gasteiger charge is -2.47. The molecule has 2 N–H and O–H groups in total. The van der Waals surface area contributed by atoms with E-state index in [-0.39, 0.29) is 11.1 Å². The van der Waals surface area contributed by atoms with Gasteiger partial charge in [0.25, 0.3) is 0 Å². The van der Waals surface area contributed by atoms with E-state index >= 15 is 0 Å². The molecular weight excluding hydrogens is 188 g/mol. The van der Waals surface area contributed by atoms with E-state index in [0.717, 1.165) is 19.7 Å². The first-order valence-corrected chi connectivity index (χ1v) is 6.14. The summed E-state index contributed by atoms with van der Waals surface area (Å²) >= 11 is 0. The molecule has 0 aliphatic carbocycles. The molecule has 2 unspecified atom stereocenters. The van der Waals surface area contributed by atoms with E-state index in [2.05, 4.69) is 31.4 Å². The van der Waals surface area contributed by atoms with Gasteiger partial charge in [-0.1, -0.05) is 20.3 Å². The summed E-state index contributed by atoms with van der Waals surface area (Å²) in [4.78, 5) is 0. The molecule has 0 aromatic carbocycles. The normalized spacial score (nSPS) is 41.4. The highest BCUT2D eigenvalue weighted by atomic mass is 16.5. The Morgan fingerprint density at radius 3 is 2.53 bits per heavy atom. The third kappa shape index (κ3) is 2.52. The minimum atomic E-state index is -0.157. The summed E-state index contributed by atoms with van der Waals surface area (Å²) in [6.45, 7) is 9.71. The van der Waals surface area contributed by atoms with Gasteiger partial charge in [0.05, 0.1) is 6.61 Å². The summed E-state index contributed by atoms with van der Waals surface area (Å²) in [6.07, 6.45) is 3.85. The molecular formula is C12H24N2O. The van der Waals surface area contributed by atoms with Crippen molar-refractivity contribution in [3.63, 3.8) is 0 Å². The molecule has 0 aromatic heterocycles. The van der Waals surface area contributed by atoms with Crippen LogP contribution in [-0.2, 0) is 4.74 Å². The number of ether oxygens (including phenoxy) is 1. The van der Waals surface area contributed by atoms with Crippen LogP contribution in [0.25, 0.3) is 0 Å². The topological polar surface area (TPSA) is 33.3 Å². The van der Waals surface area contributed by atoms with Crippen LogP contribution in [0.2, 0.25) is 0 Å². The van der Waals surface area contributed by atoms with Gasteiger partial charge in [-0.2, -0.15) is 0 Å². The van der Waals surface area contributed by atoms with Gasteiger partial charge in [-0.25, -0.2) is 0 Å². The molecule has 2 atom stereocenters. The van der Waals surface area contributed by atoms with Crippen LogP contribution < -0.4 is 10.6 Å². The molecule has 0 spiro atoms. The van der Waals surface area contributed by atoms with Gasteiger partial charge in [0.1, 0.15) is 5.72 Å². The molecule has 15 heavy (non-hydrogen) atoms. The highest BCUT2D eigenvalue weighted by Crippen LogP contribution is 2.29. The summed E-state index contributed by atoms with van der Waals surface area (Å²) in [5.74, 6) is 0. The standard InChI is InChI=1S/C12H24N2O/c1-11(2)8-14-12(3,15-9-11)10-6-4-5-7-13-10/h10,13-14H,4-9H2,1-3H3. The number of rotatable bonds is 1. The molecule has 0 radical (unpaired) electrons. The largest absolute Gasteiger partial charge is 0.359 e. The average Bonchev–Trinajstić information content (AvgIpc) is 2.24. The molecule has 0 saturated carbocycles. The van der Waals surface area contributed by atoms with Crippen molar-refractivity contribution < 1.29 is 4.74 Å². The van der Waals surface area contributed by atoms with Crippen molar-refractivity contribution in [1.29, 1.82) is 0 Å². The van der Waals surface area contributed by atoms with Gasteiger partial charge in [-0.3, -0.25) is 5.32 Å². The summed E-state index contributed by atoms with van der Waals surface area (Å²) in [5.41, 5.74) is 0.115. The summed E-state index contributed by atoms with van der Waals surface area (Å²) in [7, 11) is 0. The van der Waals surface area contributed by atoms with Crippen LogP contribution in [0, 0.1) is 5.41 Å². The molecule has 2 aliphatic heterocycles. The summed E-state index contributed by atoms with van der Waals surface area (Å²) in [6, 6.07) is 0.474. The van der Waals surface area contributed by atoms with Crippen molar-refractivity contribution >= 4 is 0 Å². The zero-order valence-corrected chi connectivity index (χ0v) is 10.2. The fourth-order valence-corrected chi connectivity index (χ4v) is 2.41. The van der Waals surface area contributed by atoms with E-state index < -0.39 is 0 Å². The van der Waals surface area contributed by atoms with Gasteiger partial charge < -0.3 is 10.1 Å². The van der Waals surface area contributed by atoms with Crippen LogP contribution in [0.4, 0.5) is 0 Å². The minimum absolute atomic E-state index is 0.157. The smallest absolute Gasteiger partial charge is 0.131 e. The van der Waals surface area contributed by atoms with Gasteiger partial charge in [0.2, 0.25) is 0 Å². The third-order valence-electron chi connectivity index (χ3n) is 3.66. The van der Waals surface area contributed by atoms with Crippen LogP contribution in [-0.4, -0.2) is 31.5 Å². The molecule has 2 saturated heterocycles. The molecule has 2 heterocycles. The molecule has 88 valence electrons. The molecule has 0 aromatic rings. The van der Waals surface area contributed by atoms with Crippen molar-refractivity contribution in [2.45, 2.75) is 51.8 Å². The number of hydrogen-bond acceptors (Lipinski definition) is 3. The van der Waals surface area contributed by atoms with E-state index in [1.165, 1.54) is 19.3 Å². The predicted octanol–water partition coefficient (Wildman–Crippen LogP) is 1.49. The summed E-state index contributed by atoms with van der Waals surface area (Å²) in [5, 5.41) is 7.14. The Balaban J connectivity index is 1.95. The van der Waals surface area contributed by atoms with Gasteiger partial charge >= 0.3 is 0 Å². The maximum atomic E-state index is 6.05. The zero-order chi connectivity index (χ0) is 10.9. The van der Waals surface area contributed by atoms with Crippen LogP contribution in [0.15, 0.2) is 0 Å². The SMILES string of the molecule is CC1(C)CNC(C)(C2CCCCN2)OC1. The van der Waals surface area contributed by atoms with Gasteiger partial charge in [0, 0.05) is 18.0 Å². The minimum Gasteiger partial charge on any atom is -0.359 e. The van der Waals surface area contributed by atoms with E-state index in [1.807, 2.05) is 0 Å². The molecule has 3 nitrogen and oxygen atoms in total. The molecule has 2 rings (SSSR count). The third-order valence-corrected chi connectivity index (χ3v) is 3.66. The lowest BCUT2D eigenvalue weighted by atomic mass is 9.88. The number of hydrogen-bond donors (Lipinski definition) is 2. The van der Waals surface area contributed by atoms with Crippen molar-refractivity contribution in [3.05, 3.63) is 0 Å². The van der Waals surface area contributed by atoms with Crippen molar-refractivity contribution in [3.8, 4) is 0 Å². The average molecular weight is 212 g/mol. The Morgan fingerprint density at radius 1 is 1.20 bits per heavy atom. The Bertz CT molecular complexity index is 212. The Hall–Kier alpha value is -0.120. The van der Waals surface area contributed by atoms with Crippen LogP contribution in [0.1, 0.15) is 40.0 Å². The zero-order valence-electron chi connectivity index (χ0n) is 10.2. The second-order valence-corrected chi connectivity index (χ2v) is 5.92. The number of nitrogens with one attached hydrogen (secondary N) is 2. The fraction of sp³-hybridized carbons (Fsp3) is 1.00. The van der Waals surface area contributed by atoms with Gasteiger partial charge in [0.15, 0.2) is 0 Å². The predicted molar refractivity (Wildman–Crippen MR) is 61.8 cm³/mol. The first-order chi connectivity index (χ1) is 7.02. The fourth-order valence-electron chi connectivity index (χ4n) is 2.41. The van der Waals surface area contributed by atoms with Gasteiger partial charge in [-0.15, -0.1) is 0 Å². The van der Waals surface area contributed by atoms with Crippen molar-refractivity contribution in [2.75, 3.05) is 19.7 Å². The van der Waals surface area contributed by atoms with Crippen LogP contribution in [0.3, 0.4) is 0 Å². The monoisotopic (exact) mass is 212 g/mol. The van der Waals surface area contributed by atoms with E-state index in [9.17, 15) is 0 Å². The van der Waals surface area contributed by atoms with E-state index in [4.69, 9.17) is 4.74 Å². The lowest BCUT2D eigenvalue weighted by molar-refractivity contribution is -0.147. The van der Waals surface area contributed by atoms with Gasteiger partial charge in [-0.05, 0) is 26.3 Å². The van der Waals surface area contributed by atoms with Crippen molar-refractivity contribution in [2.24, 2.45) is 5.41 Å². The molecule has 2 aliphatic rings. The quantitative estimate of drug-likeness (QED) is 0.691. The van der Waals surface area contributed by atoms with Crippen LogP contribution in [0.5, 0.6) is 0 Å². The Morgan fingerprint density at radius 2 is 2.00 bits per heavy atom. The summed E-state index contributed by atoms with van der Waals surface area (Å²) < 4.78 is 6.05. The second-order valence-electron chi connectivity index (χ2n) is 5.92. The van der Waals surface area contributed by atoms with E-state index in [1.54, 1.807) is 0 Å². The maximum absolute atomic E-state index is 6.05. The Labute approximate surface area is 93.0 Å². The van der Waals surface area contributed by atoms with E-state index in [0.29, 0.717) is 6.04 Å². The highest BCUT2D eigenvalue weighted by Gasteiger charge is 2.41. The second kappa shape index (κ2) is 4.04. The molecule has 0 bridgehead atoms. The Kier molecular flexibility index (Phi) is 3.06. The molecule has 2 fully saturated rings.